The predicted molar refractivity (Wildman–Crippen MR) is 106 cm³/mol. The molecule has 9 heteroatoms. The number of anilines is 1. The maximum Gasteiger partial charge on any atom is 0.280 e. The molecular formula is C20H14N6O3. The molecule has 0 aliphatic heterocycles. The highest BCUT2D eigenvalue weighted by Gasteiger charge is 2.22. The van der Waals surface area contributed by atoms with Crippen molar-refractivity contribution in [3.8, 4) is 11.4 Å². The molecule has 0 fully saturated rings. The molecule has 1 N–H and O–H groups in total. The van der Waals surface area contributed by atoms with Crippen molar-refractivity contribution in [2.45, 2.75) is 6.54 Å². The number of rotatable bonds is 5. The minimum atomic E-state index is -0.430. The van der Waals surface area contributed by atoms with Crippen LogP contribution in [0.15, 0.2) is 71.3 Å². The predicted octanol–water partition coefficient (Wildman–Crippen LogP) is 4.06. The number of para-hydroxylation sites is 2. The van der Waals surface area contributed by atoms with Gasteiger partial charge in [0.05, 0.1) is 28.8 Å². The van der Waals surface area contributed by atoms with Crippen LogP contribution in [-0.2, 0) is 6.54 Å². The summed E-state index contributed by atoms with van der Waals surface area (Å²) in [7, 11) is 0. The van der Waals surface area contributed by atoms with E-state index in [0.717, 1.165) is 16.7 Å². The van der Waals surface area contributed by atoms with Crippen LogP contribution in [0.5, 0.6) is 0 Å². The summed E-state index contributed by atoms with van der Waals surface area (Å²) < 4.78 is 7.08. The topological polar surface area (TPSA) is 111 Å². The summed E-state index contributed by atoms with van der Waals surface area (Å²) >= 11 is 0. The molecule has 0 bridgehead atoms. The number of furan rings is 1. The first-order chi connectivity index (χ1) is 14.2. The van der Waals surface area contributed by atoms with Crippen LogP contribution in [0.3, 0.4) is 0 Å². The number of nitro groups is 1. The van der Waals surface area contributed by atoms with E-state index in [1.165, 1.54) is 6.07 Å². The molecule has 0 unspecified atom stereocenters. The minimum absolute atomic E-state index is 0.0491. The molecule has 5 rings (SSSR count). The number of hydrogen-bond acceptors (Lipinski definition) is 7. The average Bonchev–Trinajstić information content (AvgIpc) is 3.42. The quantitative estimate of drug-likeness (QED) is 0.358. The summed E-state index contributed by atoms with van der Waals surface area (Å²) in [4.78, 5) is 15.8. The monoisotopic (exact) mass is 386 g/mol. The third kappa shape index (κ3) is 2.85. The van der Waals surface area contributed by atoms with Crippen LogP contribution in [0, 0.1) is 10.1 Å². The number of nitro benzene ring substituents is 1. The summed E-state index contributed by atoms with van der Waals surface area (Å²) in [5, 5.41) is 24.2. The van der Waals surface area contributed by atoms with Gasteiger partial charge in [-0.25, -0.2) is 9.38 Å². The molecule has 0 radical (unpaired) electrons. The lowest BCUT2D eigenvalue weighted by Crippen LogP contribution is -2.08. The Morgan fingerprint density at radius 2 is 1.86 bits per heavy atom. The van der Waals surface area contributed by atoms with Gasteiger partial charge in [0.1, 0.15) is 5.76 Å². The van der Waals surface area contributed by atoms with Crippen LogP contribution in [0.4, 0.5) is 11.6 Å². The van der Waals surface area contributed by atoms with Crippen LogP contribution < -0.4 is 5.32 Å². The van der Waals surface area contributed by atoms with E-state index in [0.29, 0.717) is 29.5 Å². The van der Waals surface area contributed by atoms with Crippen LogP contribution in [0.2, 0.25) is 0 Å². The fraction of sp³-hybridized carbons (Fsp3) is 0.0500. The Morgan fingerprint density at radius 1 is 1.03 bits per heavy atom. The summed E-state index contributed by atoms with van der Waals surface area (Å²) in [5.41, 5.74) is 1.62. The van der Waals surface area contributed by atoms with E-state index >= 15 is 0 Å². The molecule has 0 atom stereocenters. The average molecular weight is 386 g/mol. The molecule has 2 aromatic carbocycles. The van der Waals surface area contributed by atoms with Crippen LogP contribution in [-0.4, -0.2) is 24.5 Å². The van der Waals surface area contributed by atoms with Gasteiger partial charge in [-0.15, -0.1) is 10.2 Å². The van der Waals surface area contributed by atoms with Gasteiger partial charge in [0.15, 0.2) is 11.5 Å². The molecule has 0 spiro atoms. The molecule has 0 saturated heterocycles. The van der Waals surface area contributed by atoms with E-state index in [9.17, 15) is 10.1 Å². The number of fused-ring (bicyclic) bond motifs is 3. The Morgan fingerprint density at radius 3 is 2.69 bits per heavy atom. The second kappa shape index (κ2) is 6.71. The molecule has 5 aromatic rings. The lowest BCUT2D eigenvalue weighted by atomic mass is 10.1. The van der Waals surface area contributed by atoms with Crippen molar-refractivity contribution >= 4 is 28.2 Å². The maximum atomic E-state index is 11.5. The van der Waals surface area contributed by atoms with E-state index in [-0.39, 0.29) is 5.69 Å². The molecule has 0 aliphatic carbocycles. The fourth-order valence-corrected chi connectivity index (χ4v) is 3.28. The first-order valence-electron chi connectivity index (χ1n) is 8.86. The number of hydrogen-bond donors (Lipinski definition) is 1. The Labute approximate surface area is 163 Å². The number of nitrogens with zero attached hydrogens (tertiary/aromatic N) is 5. The third-order valence-corrected chi connectivity index (χ3v) is 4.59. The van der Waals surface area contributed by atoms with Crippen molar-refractivity contribution < 1.29 is 9.34 Å². The van der Waals surface area contributed by atoms with Crippen molar-refractivity contribution in [2.24, 2.45) is 0 Å². The van der Waals surface area contributed by atoms with Crippen LogP contribution >= 0.6 is 0 Å². The second-order valence-corrected chi connectivity index (χ2v) is 6.34. The highest BCUT2D eigenvalue weighted by Crippen LogP contribution is 2.32. The van der Waals surface area contributed by atoms with Crippen LogP contribution in [0.25, 0.3) is 27.9 Å². The summed E-state index contributed by atoms with van der Waals surface area (Å²) in [5.74, 6) is 1.54. The van der Waals surface area contributed by atoms with Gasteiger partial charge < -0.3 is 9.73 Å². The second-order valence-electron chi connectivity index (χ2n) is 6.34. The van der Waals surface area contributed by atoms with Gasteiger partial charge in [-0.2, -0.15) is 0 Å². The Bertz CT molecular complexity index is 1340. The minimum Gasteiger partial charge on any atom is -0.467 e. The van der Waals surface area contributed by atoms with Gasteiger partial charge in [0.25, 0.3) is 5.69 Å². The smallest absolute Gasteiger partial charge is 0.280 e. The van der Waals surface area contributed by atoms with Gasteiger partial charge in [-0.05, 0) is 30.3 Å². The van der Waals surface area contributed by atoms with E-state index in [1.807, 2.05) is 30.3 Å². The molecule has 29 heavy (non-hydrogen) atoms. The van der Waals surface area contributed by atoms with E-state index in [4.69, 9.17) is 9.40 Å². The van der Waals surface area contributed by atoms with Crippen molar-refractivity contribution in [3.63, 3.8) is 0 Å². The SMILES string of the molecule is O=[N+]([O-])c1ccccc1-c1nnc2c3ccccc3nc(NCc3ccco3)n12. The standard InChI is InChI=1S/C20H14N6O3/c27-26(28)17-10-4-2-8-15(17)19-24-23-18-14-7-1-3-9-16(14)22-20(25(18)19)21-12-13-6-5-11-29-13/h1-11H,12H2,(H,21,22). The Hall–Kier alpha value is -4.27. The Kier molecular flexibility index (Phi) is 3.91. The maximum absolute atomic E-state index is 11.5. The molecule has 3 aromatic heterocycles. The molecular weight excluding hydrogens is 372 g/mol. The first-order valence-corrected chi connectivity index (χ1v) is 8.86. The highest BCUT2D eigenvalue weighted by molar-refractivity contribution is 5.93. The summed E-state index contributed by atoms with van der Waals surface area (Å²) in [6.45, 7) is 0.391. The highest BCUT2D eigenvalue weighted by atomic mass is 16.6. The van der Waals surface area contributed by atoms with Crippen molar-refractivity contribution in [1.82, 2.24) is 19.6 Å². The lowest BCUT2D eigenvalue weighted by Gasteiger charge is -2.11. The molecule has 9 nitrogen and oxygen atoms in total. The van der Waals surface area contributed by atoms with Crippen molar-refractivity contribution in [1.29, 1.82) is 0 Å². The zero-order chi connectivity index (χ0) is 19.8. The van der Waals surface area contributed by atoms with Crippen molar-refractivity contribution in [2.75, 3.05) is 5.32 Å². The zero-order valence-electron chi connectivity index (χ0n) is 15.0. The molecule has 142 valence electrons. The molecule has 3 heterocycles. The van der Waals surface area contributed by atoms with Gasteiger partial charge in [-0.3, -0.25) is 10.1 Å². The number of nitrogens with one attached hydrogen (secondary N) is 1. The van der Waals surface area contributed by atoms with Gasteiger partial charge in [0.2, 0.25) is 5.95 Å². The van der Waals surface area contributed by atoms with Gasteiger partial charge in [-0.1, -0.05) is 24.3 Å². The van der Waals surface area contributed by atoms with Crippen molar-refractivity contribution in [3.05, 3.63) is 82.8 Å². The van der Waals surface area contributed by atoms with E-state index < -0.39 is 4.92 Å². The van der Waals surface area contributed by atoms with E-state index in [2.05, 4.69) is 15.5 Å². The van der Waals surface area contributed by atoms with Crippen LogP contribution in [0.1, 0.15) is 5.76 Å². The largest absolute Gasteiger partial charge is 0.467 e. The molecule has 0 amide bonds. The molecule has 0 aliphatic rings. The molecule has 0 saturated carbocycles. The summed E-state index contributed by atoms with van der Waals surface area (Å²) in [6.07, 6.45) is 1.60. The van der Waals surface area contributed by atoms with E-state index in [1.54, 1.807) is 34.9 Å². The zero-order valence-corrected chi connectivity index (χ0v) is 15.0. The Balaban J connectivity index is 1.76. The lowest BCUT2D eigenvalue weighted by molar-refractivity contribution is -0.384. The number of aromatic nitrogens is 4. The first kappa shape index (κ1) is 16.9. The fourth-order valence-electron chi connectivity index (χ4n) is 3.28. The van der Waals surface area contributed by atoms with Gasteiger partial charge >= 0.3 is 0 Å². The summed E-state index contributed by atoms with van der Waals surface area (Å²) in [6, 6.07) is 17.7. The number of benzene rings is 2. The van der Waals surface area contributed by atoms with Gasteiger partial charge in [0, 0.05) is 11.5 Å². The third-order valence-electron chi connectivity index (χ3n) is 4.59. The normalized spacial score (nSPS) is 11.2.